The summed E-state index contributed by atoms with van der Waals surface area (Å²) in [5, 5.41) is 14.4. The zero-order valence-corrected chi connectivity index (χ0v) is 15.5. The van der Waals surface area contributed by atoms with Crippen LogP contribution in [0.2, 0.25) is 0 Å². The third-order valence-corrected chi connectivity index (χ3v) is 4.77. The normalized spacial score (nSPS) is 13.5. The van der Waals surface area contributed by atoms with Crippen molar-refractivity contribution in [3.8, 4) is 0 Å². The number of carbonyl (C=O) groups is 1. The van der Waals surface area contributed by atoms with Crippen LogP contribution < -0.4 is 5.32 Å². The van der Waals surface area contributed by atoms with Gasteiger partial charge in [0.2, 0.25) is 5.91 Å². The average Bonchev–Trinajstić information content (AvgIpc) is 2.87. The van der Waals surface area contributed by atoms with E-state index < -0.39 is 6.10 Å². The fraction of sp³-hybridized carbons (Fsp3) is 0.550. The lowest BCUT2D eigenvalue weighted by Crippen LogP contribution is -2.43. The van der Waals surface area contributed by atoms with E-state index in [0.29, 0.717) is 13.0 Å². The fourth-order valence-corrected chi connectivity index (χ4v) is 3.29. The number of aryl methyl sites for hydroxylation is 2. The summed E-state index contributed by atoms with van der Waals surface area (Å²) < 4.78 is 2.10. The molecule has 1 atom stereocenters. The lowest BCUT2D eigenvalue weighted by Gasteiger charge is -2.33. The molecule has 24 heavy (non-hydrogen) atoms. The molecule has 0 aliphatic heterocycles. The molecular formula is C20H30N2O2. The number of nitrogens with zero attached hydrogens (tertiary/aromatic N) is 1. The Morgan fingerprint density at radius 2 is 1.96 bits per heavy atom. The Morgan fingerprint density at radius 1 is 1.29 bits per heavy atom. The van der Waals surface area contributed by atoms with Gasteiger partial charge in [-0.15, -0.1) is 0 Å². The summed E-state index contributed by atoms with van der Waals surface area (Å²) in [6.07, 6.45) is 2.85. The molecule has 0 fully saturated rings. The van der Waals surface area contributed by atoms with Gasteiger partial charge in [0.1, 0.15) is 0 Å². The Balaban J connectivity index is 1.91. The molecule has 0 aliphatic carbocycles. The van der Waals surface area contributed by atoms with Gasteiger partial charge in [0, 0.05) is 42.5 Å². The molecule has 0 spiro atoms. The van der Waals surface area contributed by atoms with E-state index in [1.54, 1.807) is 0 Å². The van der Waals surface area contributed by atoms with Crippen molar-refractivity contribution in [3.05, 3.63) is 36.0 Å². The van der Waals surface area contributed by atoms with Gasteiger partial charge in [-0.25, -0.2) is 0 Å². The lowest BCUT2D eigenvalue weighted by molar-refractivity contribution is -0.122. The number of para-hydroxylation sites is 1. The highest BCUT2D eigenvalue weighted by molar-refractivity contribution is 5.84. The first-order valence-electron chi connectivity index (χ1n) is 8.70. The number of aliphatic hydroxyl groups is 1. The number of aliphatic hydroxyl groups excluding tert-OH is 1. The Labute approximate surface area is 144 Å². The molecule has 0 radical (unpaired) electrons. The van der Waals surface area contributed by atoms with Crippen molar-refractivity contribution in [3.63, 3.8) is 0 Å². The molecule has 1 unspecified atom stereocenters. The van der Waals surface area contributed by atoms with Crippen LogP contribution in [-0.4, -0.2) is 28.2 Å². The van der Waals surface area contributed by atoms with Crippen molar-refractivity contribution in [2.75, 3.05) is 6.54 Å². The zero-order valence-electron chi connectivity index (χ0n) is 15.5. The molecule has 2 rings (SSSR count). The first-order chi connectivity index (χ1) is 11.2. The standard InChI is InChI=1S/C20H30N2O2/c1-14(2)19(24)20(3,4)13-21-18(23)11-10-15-12-22(5)17-9-7-6-8-16(15)17/h6-9,12,14,19,24H,10-11,13H2,1-5H3,(H,21,23). The quantitative estimate of drug-likeness (QED) is 0.818. The number of benzene rings is 1. The minimum absolute atomic E-state index is 0.0342. The van der Waals surface area contributed by atoms with Crippen LogP contribution in [-0.2, 0) is 18.3 Å². The highest BCUT2D eigenvalue weighted by atomic mass is 16.3. The van der Waals surface area contributed by atoms with Crippen molar-refractivity contribution < 1.29 is 9.90 Å². The van der Waals surface area contributed by atoms with E-state index in [-0.39, 0.29) is 17.2 Å². The molecule has 132 valence electrons. The van der Waals surface area contributed by atoms with Gasteiger partial charge in [0.15, 0.2) is 0 Å². The highest BCUT2D eigenvalue weighted by Gasteiger charge is 2.30. The van der Waals surface area contributed by atoms with E-state index >= 15 is 0 Å². The van der Waals surface area contributed by atoms with Gasteiger partial charge in [0.05, 0.1) is 6.10 Å². The van der Waals surface area contributed by atoms with Crippen molar-refractivity contribution in [2.45, 2.75) is 46.6 Å². The van der Waals surface area contributed by atoms with E-state index in [2.05, 4.69) is 28.2 Å². The summed E-state index contributed by atoms with van der Waals surface area (Å²) in [6, 6.07) is 8.25. The molecule has 2 aromatic rings. The van der Waals surface area contributed by atoms with Crippen molar-refractivity contribution in [2.24, 2.45) is 18.4 Å². The molecule has 1 aromatic heterocycles. The second-order valence-electron chi connectivity index (χ2n) is 7.74. The van der Waals surface area contributed by atoms with E-state index in [4.69, 9.17) is 0 Å². The maximum absolute atomic E-state index is 12.2. The fourth-order valence-electron chi connectivity index (χ4n) is 3.29. The molecule has 0 bridgehead atoms. The number of carbonyl (C=O) groups excluding carboxylic acids is 1. The highest BCUT2D eigenvalue weighted by Crippen LogP contribution is 2.25. The van der Waals surface area contributed by atoms with E-state index in [9.17, 15) is 9.90 Å². The SMILES string of the molecule is CC(C)C(O)C(C)(C)CNC(=O)CCc1cn(C)c2ccccc12. The number of hydrogen-bond acceptors (Lipinski definition) is 2. The Bertz CT molecular complexity index is 701. The second-order valence-corrected chi connectivity index (χ2v) is 7.74. The lowest BCUT2D eigenvalue weighted by atomic mass is 9.80. The number of nitrogens with one attached hydrogen (secondary N) is 1. The van der Waals surface area contributed by atoms with Crippen LogP contribution in [0.3, 0.4) is 0 Å². The molecule has 2 N–H and O–H groups in total. The molecule has 0 saturated heterocycles. The summed E-state index contributed by atoms with van der Waals surface area (Å²) >= 11 is 0. The summed E-state index contributed by atoms with van der Waals surface area (Å²) in [6.45, 7) is 8.45. The molecule has 1 amide bonds. The van der Waals surface area contributed by atoms with Gasteiger partial charge < -0.3 is 15.0 Å². The van der Waals surface area contributed by atoms with E-state index in [0.717, 1.165) is 6.42 Å². The summed E-state index contributed by atoms with van der Waals surface area (Å²) in [4.78, 5) is 12.2. The van der Waals surface area contributed by atoms with Gasteiger partial charge in [0.25, 0.3) is 0 Å². The first kappa shape index (κ1) is 18.5. The minimum Gasteiger partial charge on any atom is -0.392 e. The molecule has 0 aliphatic rings. The third kappa shape index (κ3) is 4.18. The predicted molar refractivity (Wildman–Crippen MR) is 98.9 cm³/mol. The minimum atomic E-state index is -0.434. The third-order valence-electron chi connectivity index (χ3n) is 4.77. The van der Waals surface area contributed by atoms with Crippen LogP contribution in [0.4, 0.5) is 0 Å². The Hall–Kier alpha value is -1.81. The first-order valence-corrected chi connectivity index (χ1v) is 8.70. The Morgan fingerprint density at radius 3 is 2.62 bits per heavy atom. The number of amides is 1. The van der Waals surface area contributed by atoms with Gasteiger partial charge in [-0.2, -0.15) is 0 Å². The largest absolute Gasteiger partial charge is 0.392 e. The summed E-state index contributed by atoms with van der Waals surface area (Å²) in [5.74, 6) is 0.208. The molecule has 1 aromatic carbocycles. The van der Waals surface area contributed by atoms with Crippen LogP contribution in [0.15, 0.2) is 30.5 Å². The topological polar surface area (TPSA) is 54.3 Å². The van der Waals surface area contributed by atoms with Crippen LogP contribution in [0, 0.1) is 11.3 Å². The number of hydrogen-bond donors (Lipinski definition) is 2. The number of rotatable bonds is 7. The molecule has 4 nitrogen and oxygen atoms in total. The van der Waals surface area contributed by atoms with Gasteiger partial charge in [-0.3, -0.25) is 4.79 Å². The monoisotopic (exact) mass is 330 g/mol. The van der Waals surface area contributed by atoms with Gasteiger partial charge in [-0.1, -0.05) is 45.9 Å². The van der Waals surface area contributed by atoms with Crippen LogP contribution in [0.5, 0.6) is 0 Å². The summed E-state index contributed by atoms with van der Waals surface area (Å²) in [5.41, 5.74) is 2.06. The molecule has 0 saturated carbocycles. The van der Waals surface area contributed by atoms with E-state index in [1.165, 1.54) is 16.5 Å². The van der Waals surface area contributed by atoms with Crippen LogP contribution in [0.25, 0.3) is 10.9 Å². The predicted octanol–water partition coefficient (Wildman–Crippen LogP) is 3.27. The molecule has 1 heterocycles. The molecule has 4 heteroatoms. The maximum atomic E-state index is 12.2. The van der Waals surface area contributed by atoms with Crippen LogP contribution in [0.1, 0.15) is 39.7 Å². The van der Waals surface area contributed by atoms with E-state index in [1.807, 2.05) is 46.9 Å². The zero-order chi connectivity index (χ0) is 17.9. The van der Waals surface area contributed by atoms with Crippen molar-refractivity contribution in [1.29, 1.82) is 0 Å². The average molecular weight is 330 g/mol. The number of fused-ring (bicyclic) bond motifs is 1. The van der Waals surface area contributed by atoms with Gasteiger partial charge in [-0.05, 0) is 24.0 Å². The second kappa shape index (κ2) is 7.39. The van der Waals surface area contributed by atoms with Crippen LogP contribution >= 0.6 is 0 Å². The van der Waals surface area contributed by atoms with Crippen molar-refractivity contribution >= 4 is 16.8 Å². The Kier molecular flexibility index (Phi) is 5.70. The number of aromatic nitrogens is 1. The summed E-state index contributed by atoms with van der Waals surface area (Å²) in [7, 11) is 2.03. The molecular weight excluding hydrogens is 300 g/mol. The smallest absolute Gasteiger partial charge is 0.220 e. The maximum Gasteiger partial charge on any atom is 0.220 e. The van der Waals surface area contributed by atoms with Gasteiger partial charge >= 0.3 is 0 Å². The van der Waals surface area contributed by atoms with Crippen molar-refractivity contribution in [1.82, 2.24) is 9.88 Å².